The van der Waals surface area contributed by atoms with E-state index in [1.807, 2.05) is 0 Å². The maximum absolute atomic E-state index is 6.20. The van der Waals surface area contributed by atoms with Gasteiger partial charge in [-0.2, -0.15) is 0 Å². The number of benzene rings is 2. The van der Waals surface area contributed by atoms with Gasteiger partial charge in [0.1, 0.15) is 11.9 Å². The minimum absolute atomic E-state index is 0.306. The van der Waals surface area contributed by atoms with E-state index < -0.39 is 0 Å². The average molecular weight is 267 g/mol. The monoisotopic (exact) mass is 267 g/mol. The van der Waals surface area contributed by atoms with E-state index in [4.69, 9.17) is 4.74 Å². The van der Waals surface area contributed by atoms with Gasteiger partial charge in [-0.15, -0.1) is 0 Å². The van der Waals surface area contributed by atoms with Crippen LogP contribution in [0.1, 0.15) is 24.0 Å². The van der Waals surface area contributed by atoms with Crippen LogP contribution in [0.4, 0.5) is 0 Å². The van der Waals surface area contributed by atoms with Crippen LogP contribution in [0, 0.1) is 0 Å². The van der Waals surface area contributed by atoms with Crippen LogP contribution in [0.25, 0.3) is 0 Å². The molecule has 0 saturated carbocycles. The third kappa shape index (κ3) is 3.40. The van der Waals surface area contributed by atoms with Gasteiger partial charge in [-0.25, -0.2) is 0 Å². The van der Waals surface area contributed by atoms with E-state index in [2.05, 4.69) is 59.9 Å². The molecule has 1 aliphatic rings. The topological polar surface area (TPSA) is 21.3 Å². The molecule has 1 unspecified atom stereocenters. The van der Waals surface area contributed by atoms with Gasteiger partial charge in [0.05, 0.1) is 0 Å². The average Bonchev–Trinajstić information content (AvgIpc) is 2.51. The molecule has 1 fully saturated rings. The molecule has 2 heteroatoms. The number of hydrogen-bond acceptors (Lipinski definition) is 2. The van der Waals surface area contributed by atoms with Crippen molar-refractivity contribution in [1.82, 2.24) is 5.32 Å². The highest BCUT2D eigenvalue weighted by Crippen LogP contribution is 2.23. The predicted molar refractivity (Wildman–Crippen MR) is 82.2 cm³/mol. The van der Waals surface area contributed by atoms with Crippen molar-refractivity contribution in [2.45, 2.75) is 25.4 Å². The fourth-order valence-corrected chi connectivity index (χ4v) is 2.68. The molecule has 2 nitrogen and oxygen atoms in total. The Morgan fingerprint density at radius 1 is 1.00 bits per heavy atom. The Labute approximate surface area is 120 Å². The van der Waals surface area contributed by atoms with Crippen LogP contribution in [0.3, 0.4) is 0 Å². The second-order valence-electron chi connectivity index (χ2n) is 5.36. The first kappa shape index (κ1) is 13.2. The van der Waals surface area contributed by atoms with E-state index in [9.17, 15) is 0 Å². The first-order valence-electron chi connectivity index (χ1n) is 7.41. The highest BCUT2D eigenvalue weighted by atomic mass is 16.5. The Morgan fingerprint density at radius 2 is 1.80 bits per heavy atom. The van der Waals surface area contributed by atoms with Gasteiger partial charge >= 0.3 is 0 Å². The van der Waals surface area contributed by atoms with Gasteiger partial charge in [-0.1, -0.05) is 48.5 Å². The molecule has 3 rings (SSSR count). The molecule has 0 bridgehead atoms. The lowest BCUT2D eigenvalue weighted by atomic mass is 10.0. The van der Waals surface area contributed by atoms with Crippen LogP contribution in [-0.2, 0) is 6.42 Å². The summed E-state index contributed by atoms with van der Waals surface area (Å²) in [4.78, 5) is 0. The van der Waals surface area contributed by atoms with Gasteiger partial charge < -0.3 is 10.1 Å². The molecule has 0 amide bonds. The van der Waals surface area contributed by atoms with E-state index in [1.54, 1.807) is 0 Å². The summed E-state index contributed by atoms with van der Waals surface area (Å²) >= 11 is 0. The fraction of sp³-hybridized carbons (Fsp3) is 0.333. The minimum Gasteiger partial charge on any atom is -0.489 e. The van der Waals surface area contributed by atoms with Crippen LogP contribution >= 0.6 is 0 Å². The quantitative estimate of drug-likeness (QED) is 0.916. The summed E-state index contributed by atoms with van der Waals surface area (Å²) in [5, 5.41) is 3.40. The molecule has 104 valence electrons. The molecule has 2 aromatic carbocycles. The molecule has 1 heterocycles. The van der Waals surface area contributed by atoms with Crippen LogP contribution < -0.4 is 10.1 Å². The number of hydrogen-bond donors (Lipinski definition) is 1. The van der Waals surface area contributed by atoms with Crippen LogP contribution in [0.5, 0.6) is 5.75 Å². The molecule has 0 radical (unpaired) electrons. The number of piperidine rings is 1. The van der Waals surface area contributed by atoms with E-state index in [0.717, 1.165) is 31.7 Å². The van der Waals surface area contributed by atoms with Gasteiger partial charge in [-0.3, -0.25) is 0 Å². The maximum Gasteiger partial charge on any atom is 0.123 e. The van der Waals surface area contributed by atoms with Crippen LogP contribution in [0.15, 0.2) is 54.6 Å². The molecule has 1 N–H and O–H groups in total. The van der Waals surface area contributed by atoms with Crippen molar-refractivity contribution < 1.29 is 4.74 Å². The Morgan fingerprint density at radius 3 is 2.60 bits per heavy atom. The smallest absolute Gasteiger partial charge is 0.123 e. The first-order chi connectivity index (χ1) is 9.92. The third-order valence-electron chi connectivity index (χ3n) is 3.76. The van der Waals surface area contributed by atoms with Gasteiger partial charge in [0.25, 0.3) is 0 Å². The standard InChI is InChI=1S/C18H21NO/c1-2-7-15(8-3-1)13-16-9-4-5-11-18(16)20-17-10-6-12-19-14-17/h1-5,7-9,11,17,19H,6,10,12-14H2. The zero-order valence-corrected chi connectivity index (χ0v) is 11.7. The van der Waals surface area contributed by atoms with Gasteiger partial charge in [-0.05, 0) is 36.6 Å². The summed E-state index contributed by atoms with van der Waals surface area (Å²) in [5.74, 6) is 1.03. The van der Waals surface area contributed by atoms with Crippen molar-refractivity contribution in [1.29, 1.82) is 0 Å². The molecule has 1 saturated heterocycles. The molecule has 2 aromatic rings. The second-order valence-corrected chi connectivity index (χ2v) is 5.36. The molecule has 1 aliphatic heterocycles. The lowest BCUT2D eigenvalue weighted by Crippen LogP contribution is -2.37. The Bertz CT molecular complexity index is 532. The van der Waals surface area contributed by atoms with Crippen molar-refractivity contribution in [3.05, 3.63) is 65.7 Å². The number of rotatable bonds is 4. The minimum atomic E-state index is 0.306. The highest BCUT2D eigenvalue weighted by molar-refractivity contribution is 5.37. The zero-order chi connectivity index (χ0) is 13.6. The Balaban J connectivity index is 1.74. The number of ether oxygens (including phenoxy) is 1. The summed E-state index contributed by atoms with van der Waals surface area (Å²) in [7, 11) is 0. The summed E-state index contributed by atoms with van der Waals surface area (Å²) < 4.78 is 6.20. The molecule has 0 spiro atoms. The van der Waals surface area contributed by atoms with Crippen molar-refractivity contribution in [2.24, 2.45) is 0 Å². The summed E-state index contributed by atoms with van der Waals surface area (Å²) in [6.07, 6.45) is 3.58. The zero-order valence-electron chi connectivity index (χ0n) is 11.7. The SMILES string of the molecule is c1ccc(Cc2ccccc2OC2CCCNC2)cc1. The van der Waals surface area contributed by atoms with Gasteiger partial charge in [0.2, 0.25) is 0 Å². The van der Waals surface area contributed by atoms with E-state index in [-0.39, 0.29) is 0 Å². The Hall–Kier alpha value is -1.80. The van der Waals surface area contributed by atoms with Crippen molar-refractivity contribution in [3.63, 3.8) is 0 Å². The first-order valence-corrected chi connectivity index (χ1v) is 7.41. The van der Waals surface area contributed by atoms with Crippen LogP contribution in [0.2, 0.25) is 0 Å². The molecule has 0 aromatic heterocycles. The van der Waals surface area contributed by atoms with E-state index in [0.29, 0.717) is 6.10 Å². The molecular weight excluding hydrogens is 246 g/mol. The molecule has 20 heavy (non-hydrogen) atoms. The number of para-hydroxylation sites is 1. The predicted octanol–water partition coefficient (Wildman–Crippen LogP) is 3.41. The van der Waals surface area contributed by atoms with Gasteiger partial charge in [0.15, 0.2) is 0 Å². The van der Waals surface area contributed by atoms with E-state index >= 15 is 0 Å². The van der Waals surface area contributed by atoms with Crippen molar-refractivity contribution >= 4 is 0 Å². The van der Waals surface area contributed by atoms with Crippen LogP contribution in [-0.4, -0.2) is 19.2 Å². The summed E-state index contributed by atoms with van der Waals surface area (Å²) in [6.45, 7) is 2.07. The lowest BCUT2D eigenvalue weighted by Gasteiger charge is -2.25. The highest BCUT2D eigenvalue weighted by Gasteiger charge is 2.15. The fourth-order valence-electron chi connectivity index (χ4n) is 2.68. The van der Waals surface area contributed by atoms with E-state index in [1.165, 1.54) is 17.5 Å². The molecule has 1 atom stereocenters. The normalized spacial score (nSPS) is 18.7. The second kappa shape index (κ2) is 6.58. The van der Waals surface area contributed by atoms with Crippen molar-refractivity contribution in [2.75, 3.05) is 13.1 Å². The van der Waals surface area contributed by atoms with Crippen molar-refractivity contribution in [3.8, 4) is 5.75 Å². The van der Waals surface area contributed by atoms with Gasteiger partial charge in [0, 0.05) is 13.0 Å². The number of nitrogens with one attached hydrogen (secondary N) is 1. The lowest BCUT2D eigenvalue weighted by molar-refractivity contribution is 0.166. The summed E-state index contributed by atoms with van der Waals surface area (Å²) in [6, 6.07) is 19.0. The Kier molecular flexibility index (Phi) is 4.34. The third-order valence-corrected chi connectivity index (χ3v) is 3.76. The maximum atomic E-state index is 6.20. The summed E-state index contributed by atoms with van der Waals surface area (Å²) in [5.41, 5.74) is 2.59. The molecule has 0 aliphatic carbocycles. The molecular formula is C18H21NO. The largest absolute Gasteiger partial charge is 0.489 e.